The lowest BCUT2D eigenvalue weighted by Crippen LogP contribution is -2.17. The Morgan fingerprint density at radius 2 is 1.77 bits per heavy atom. The molecule has 0 aliphatic rings. The first-order valence-electron chi connectivity index (χ1n) is 10.3. The van der Waals surface area contributed by atoms with Crippen molar-refractivity contribution in [3.05, 3.63) is 94.5 Å². The zero-order valence-corrected chi connectivity index (χ0v) is 21.4. The van der Waals surface area contributed by atoms with Crippen molar-refractivity contribution < 1.29 is 26.9 Å². The smallest absolute Gasteiger partial charge is 0.339 e. The summed E-state index contributed by atoms with van der Waals surface area (Å²) in [5, 5.41) is 3.96. The summed E-state index contributed by atoms with van der Waals surface area (Å²) in [5.41, 5.74) is 4.30. The van der Waals surface area contributed by atoms with Crippen molar-refractivity contribution in [2.24, 2.45) is 5.10 Å². The van der Waals surface area contributed by atoms with Gasteiger partial charge in [0, 0.05) is 5.56 Å². The van der Waals surface area contributed by atoms with Crippen LogP contribution >= 0.6 is 15.9 Å². The number of amides is 1. The lowest BCUT2D eigenvalue weighted by Gasteiger charge is -2.10. The zero-order valence-electron chi connectivity index (χ0n) is 19.0. The van der Waals surface area contributed by atoms with Crippen molar-refractivity contribution in [1.82, 2.24) is 5.43 Å². The molecule has 0 spiro atoms. The van der Waals surface area contributed by atoms with Crippen molar-refractivity contribution in [2.45, 2.75) is 11.8 Å². The highest BCUT2D eigenvalue weighted by Crippen LogP contribution is 2.29. The summed E-state index contributed by atoms with van der Waals surface area (Å²) >= 11 is 3.31. The quantitative estimate of drug-likeness (QED) is 0.165. The minimum atomic E-state index is -3.98. The molecule has 35 heavy (non-hydrogen) atoms. The lowest BCUT2D eigenvalue weighted by atomic mass is 10.2. The van der Waals surface area contributed by atoms with Gasteiger partial charge in [0.05, 0.1) is 17.8 Å². The predicted octanol–water partition coefficient (Wildman–Crippen LogP) is 4.86. The number of ether oxygens (including phenoxy) is 2. The minimum absolute atomic E-state index is 0.0558. The summed E-state index contributed by atoms with van der Waals surface area (Å²) in [6.45, 7) is 5.77. The van der Waals surface area contributed by atoms with Crippen LogP contribution in [0.2, 0.25) is 0 Å². The molecule has 8 nitrogen and oxygen atoms in total. The predicted molar refractivity (Wildman–Crippen MR) is 137 cm³/mol. The van der Waals surface area contributed by atoms with Crippen molar-refractivity contribution in [2.75, 3.05) is 13.7 Å². The van der Waals surface area contributed by atoms with Gasteiger partial charge in [0.2, 0.25) is 0 Å². The van der Waals surface area contributed by atoms with Crippen LogP contribution in [0.5, 0.6) is 17.2 Å². The Labute approximate surface area is 212 Å². The summed E-state index contributed by atoms with van der Waals surface area (Å²) in [7, 11) is -2.50. The van der Waals surface area contributed by atoms with E-state index in [4.69, 9.17) is 13.7 Å². The average Bonchev–Trinajstić information content (AvgIpc) is 2.84. The monoisotopic (exact) mass is 558 g/mol. The maximum atomic E-state index is 12.5. The van der Waals surface area contributed by atoms with Gasteiger partial charge in [-0.3, -0.25) is 4.79 Å². The van der Waals surface area contributed by atoms with Crippen LogP contribution in [0.4, 0.5) is 0 Å². The first-order valence-corrected chi connectivity index (χ1v) is 12.5. The number of carbonyl (C=O) groups excluding carboxylic acids is 1. The van der Waals surface area contributed by atoms with E-state index in [0.29, 0.717) is 33.7 Å². The molecule has 3 aromatic rings. The van der Waals surface area contributed by atoms with Gasteiger partial charge in [0.15, 0.2) is 17.2 Å². The van der Waals surface area contributed by atoms with Gasteiger partial charge in [-0.2, -0.15) is 13.5 Å². The molecule has 0 saturated heterocycles. The molecule has 3 aromatic carbocycles. The van der Waals surface area contributed by atoms with Gasteiger partial charge >= 0.3 is 10.1 Å². The summed E-state index contributed by atoms with van der Waals surface area (Å²) in [5.74, 6) is 0.572. The van der Waals surface area contributed by atoms with E-state index in [9.17, 15) is 13.2 Å². The number of nitrogens with one attached hydrogen (secondary N) is 1. The highest BCUT2D eigenvalue weighted by atomic mass is 79.9. The third-order valence-corrected chi connectivity index (χ3v) is 6.50. The highest BCUT2D eigenvalue weighted by Gasteiger charge is 2.18. The molecule has 0 aromatic heterocycles. The number of nitrogens with zero attached hydrogens (tertiary/aromatic N) is 1. The molecule has 0 saturated carbocycles. The molecule has 0 aliphatic carbocycles. The first-order chi connectivity index (χ1) is 16.7. The van der Waals surface area contributed by atoms with Crippen LogP contribution in [-0.4, -0.2) is 34.3 Å². The maximum Gasteiger partial charge on any atom is 0.339 e. The standard InChI is InChI=1S/C25H23BrN2O6S/c1-4-13-33-23-12-8-19(15-24(23)32-3)25(29)28-27-16-18-7-11-22(21(26)14-18)34-35(30,31)20-9-5-17(2)6-10-20/h4-12,14-16H,1,13H2,2-3H3,(H,28,29)/b27-16+. The zero-order chi connectivity index (χ0) is 25.4. The Hall–Kier alpha value is -3.63. The minimum Gasteiger partial charge on any atom is -0.493 e. The molecule has 0 unspecified atom stereocenters. The number of hydrogen-bond acceptors (Lipinski definition) is 7. The fourth-order valence-electron chi connectivity index (χ4n) is 2.84. The molecule has 1 N–H and O–H groups in total. The van der Waals surface area contributed by atoms with E-state index in [1.165, 1.54) is 31.5 Å². The number of halogens is 1. The van der Waals surface area contributed by atoms with Crippen molar-refractivity contribution in [1.29, 1.82) is 0 Å². The number of carbonyl (C=O) groups is 1. The molecule has 3 rings (SSSR count). The van der Waals surface area contributed by atoms with Crippen LogP contribution in [0.15, 0.2) is 87.8 Å². The van der Waals surface area contributed by atoms with Crippen LogP contribution in [-0.2, 0) is 10.1 Å². The Kier molecular flexibility index (Phi) is 8.67. The number of methoxy groups -OCH3 is 1. The third-order valence-electron chi connectivity index (χ3n) is 4.63. The molecular formula is C25H23BrN2O6S. The molecule has 1 amide bonds. The van der Waals surface area contributed by atoms with E-state index in [-0.39, 0.29) is 10.6 Å². The Balaban J connectivity index is 1.66. The summed E-state index contributed by atoms with van der Waals surface area (Å²) in [6.07, 6.45) is 3.02. The number of hydrazone groups is 1. The average molecular weight is 559 g/mol. The Morgan fingerprint density at radius 1 is 1.06 bits per heavy atom. The summed E-state index contributed by atoms with van der Waals surface area (Å²) < 4.78 is 41.4. The Bertz CT molecular complexity index is 1350. The van der Waals surface area contributed by atoms with Crippen molar-refractivity contribution >= 4 is 38.2 Å². The normalized spacial score (nSPS) is 11.2. The van der Waals surface area contributed by atoms with Gasteiger partial charge in [0.25, 0.3) is 5.91 Å². The topological polar surface area (TPSA) is 103 Å². The van der Waals surface area contributed by atoms with E-state index < -0.39 is 16.0 Å². The van der Waals surface area contributed by atoms with Crippen LogP contribution in [0.1, 0.15) is 21.5 Å². The second-order valence-corrected chi connectivity index (χ2v) is 9.61. The molecule has 10 heteroatoms. The van der Waals surface area contributed by atoms with Crippen LogP contribution < -0.4 is 19.1 Å². The molecule has 0 fully saturated rings. The van der Waals surface area contributed by atoms with E-state index >= 15 is 0 Å². The molecule has 182 valence electrons. The SMILES string of the molecule is C=CCOc1ccc(C(=O)N/N=C/c2ccc(OS(=O)(=O)c3ccc(C)cc3)c(Br)c2)cc1OC. The van der Waals surface area contributed by atoms with Crippen molar-refractivity contribution in [3.63, 3.8) is 0 Å². The molecular weight excluding hydrogens is 536 g/mol. The van der Waals surface area contributed by atoms with Gasteiger partial charge in [-0.1, -0.05) is 30.4 Å². The summed E-state index contributed by atoms with van der Waals surface area (Å²) in [4.78, 5) is 12.5. The van der Waals surface area contributed by atoms with Gasteiger partial charge < -0.3 is 13.7 Å². The second kappa shape index (κ2) is 11.7. The second-order valence-electron chi connectivity index (χ2n) is 7.20. The van der Waals surface area contributed by atoms with E-state index in [0.717, 1.165) is 5.56 Å². The number of benzene rings is 3. The number of hydrogen-bond donors (Lipinski definition) is 1. The van der Waals surface area contributed by atoms with Gasteiger partial charge in [0.1, 0.15) is 11.5 Å². The number of aryl methyl sites for hydroxylation is 1. The fraction of sp³-hybridized carbons (Fsp3) is 0.120. The van der Waals surface area contributed by atoms with Gasteiger partial charge in [-0.05, 0) is 76.9 Å². The van der Waals surface area contributed by atoms with Crippen LogP contribution in [0, 0.1) is 6.92 Å². The van der Waals surface area contributed by atoms with E-state index in [1.807, 2.05) is 6.92 Å². The molecule has 0 aliphatic heterocycles. The fourth-order valence-corrected chi connectivity index (χ4v) is 4.37. The molecule has 0 heterocycles. The van der Waals surface area contributed by atoms with Crippen LogP contribution in [0.3, 0.4) is 0 Å². The molecule has 0 radical (unpaired) electrons. The van der Waals surface area contributed by atoms with E-state index in [2.05, 4.69) is 33.0 Å². The van der Waals surface area contributed by atoms with Crippen LogP contribution in [0.25, 0.3) is 0 Å². The van der Waals surface area contributed by atoms with Gasteiger partial charge in [-0.15, -0.1) is 0 Å². The largest absolute Gasteiger partial charge is 0.493 e. The molecule has 0 atom stereocenters. The van der Waals surface area contributed by atoms with Crippen molar-refractivity contribution in [3.8, 4) is 17.2 Å². The third kappa shape index (κ3) is 6.93. The van der Waals surface area contributed by atoms with Gasteiger partial charge in [-0.25, -0.2) is 5.43 Å². The molecule has 0 bridgehead atoms. The highest BCUT2D eigenvalue weighted by molar-refractivity contribution is 9.10. The number of rotatable bonds is 10. The lowest BCUT2D eigenvalue weighted by molar-refractivity contribution is 0.0954. The first kappa shape index (κ1) is 26.0. The summed E-state index contributed by atoms with van der Waals surface area (Å²) in [6, 6.07) is 15.8. The Morgan fingerprint density at radius 3 is 2.43 bits per heavy atom. The maximum absolute atomic E-state index is 12.5. The van der Waals surface area contributed by atoms with E-state index in [1.54, 1.807) is 48.5 Å².